The number of nitrogens with one attached hydrogen (secondary N) is 2. The molecule has 0 unspecified atom stereocenters. The molecular weight excluding hydrogens is 396 g/mol. The lowest BCUT2D eigenvalue weighted by atomic mass is 10.0. The normalized spacial score (nSPS) is 17.4. The Morgan fingerprint density at radius 2 is 1.90 bits per heavy atom. The summed E-state index contributed by atoms with van der Waals surface area (Å²) in [6.45, 7) is 1.43. The van der Waals surface area contributed by atoms with E-state index in [2.05, 4.69) is 33.9 Å². The van der Waals surface area contributed by atoms with Crippen molar-refractivity contribution in [3.8, 4) is 0 Å². The van der Waals surface area contributed by atoms with Gasteiger partial charge in [0.15, 0.2) is 0 Å². The summed E-state index contributed by atoms with van der Waals surface area (Å²) in [5, 5.41) is 6.28. The van der Waals surface area contributed by atoms with E-state index in [0.717, 1.165) is 30.6 Å². The third-order valence-electron chi connectivity index (χ3n) is 5.47. The van der Waals surface area contributed by atoms with Crippen LogP contribution >= 0.6 is 11.8 Å². The number of hydrogen-bond acceptors (Lipinski definition) is 5. The second-order valence-corrected chi connectivity index (χ2v) is 8.40. The van der Waals surface area contributed by atoms with Crippen LogP contribution in [0.2, 0.25) is 0 Å². The maximum absolute atomic E-state index is 12.9. The number of nitrogens with zero attached hydrogens (tertiary/aromatic N) is 1. The number of amides is 2. The molecule has 7 heteroatoms. The predicted molar refractivity (Wildman–Crippen MR) is 122 cm³/mol. The van der Waals surface area contributed by atoms with E-state index in [1.54, 1.807) is 11.8 Å². The fraction of sp³-hybridized carbons (Fsp3) is 0.391. The number of rotatable bonds is 10. The number of carbonyl (C=O) groups excluding carboxylic acids is 2. The third kappa shape index (κ3) is 6.24. The second-order valence-electron chi connectivity index (χ2n) is 7.52. The average molecular weight is 427 g/mol. The van der Waals surface area contributed by atoms with Crippen LogP contribution in [0, 0.1) is 0 Å². The molecule has 1 aliphatic rings. The standard InChI is InChI=1S/C23H30N4O2S/c1-30-19-12-10-18(11-13-19)25-16-27-15-5-8-21(27)23(29)26-20(22(24)28)14-9-17-6-3-2-4-7-17/h2-4,6-7,10-13,20-21,25H,5,8-9,14-16H2,1H3,(H2,24,28)(H,26,29)/t20-,21-/m0/s1. The lowest BCUT2D eigenvalue weighted by molar-refractivity contribution is -0.130. The fourth-order valence-corrected chi connectivity index (χ4v) is 4.13. The van der Waals surface area contributed by atoms with Crippen molar-refractivity contribution < 1.29 is 9.59 Å². The minimum atomic E-state index is -0.660. The Hall–Kier alpha value is -2.51. The van der Waals surface area contributed by atoms with Crippen molar-refractivity contribution in [3.63, 3.8) is 0 Å². The molecule has 3 rings (SSSR count). The number of nitrogens with two attached hydrogens (primary N) is 1. The molecule has 1 saturated heterocycles. The minimum absolute atomic E-state index is 0.121. The van der Waals surface area contributed by atoms with Crippen LogP contribution in [0.25, 0.3) is 0 Å². The van der Waals surface area contributed by atoms with Gasteiger partial charge in [-0.1, -0.05) is 30.3 Å². The summed E-state index contributed by atoms with van der Waals surface area (Å²) in [7, 11) is 0. The summed E-state index contributed by atoms with van der Waals surface area (Å²) in [6.07, 6.45) is 4.98. The Morgan fingerprint density at radius 3 is 2.57 bits per heavy atom. The van der Waals surface area contributed by atoms with E-state index in [1.165, 1.54) is 4.90 Å². The van der Waals surface area contributed by atoms with Gasteiger partial charge in [0.2, 0.25) is 11.8 Å². The molecule has 0 spiro atoms. The molecule has 30 heavy (non-hydrogen) atoms. The molecule has 2 aromatic carbocycles. The molecule has 0 bridgehead atoms. The number of thioether (sulfide) groups is 1. The molecule has 2 aromatic rings. The first-order valence-electron chi connectivity index (χ1n) is 10.3. The van der Waals surface area contributed by atoms with Crippen LogP contribution < -0.4 is 16.4 Å². The average Bonchev–Trinajstić information content (AvgIpc) is 3.24. The summed E-state index contributed by atoms with van der Waals surface area (Å²) in [4.78, 5) is 28.1. The lowest BCUT2D eigenvalue weighted by Crippen LogP contribution is -2.52. The number of anilines is 1. The third-order valence-corrected chi connectivity index (χ3v) is 6.21. The molecule has 160 valence electrons. The molecular formula is C23H30N4O2S. The zero-order chi connectivity index (χ0) is 21.3. The van der Waals surface area contributed by atoms with E-state index in [0.29, 0.717) is 19.5 Å². The largest absolute Gasteiger partial charge is 0.372 e. The van der Waals surface area contributed by atoms with Gasteiger partial charge in [0.05, 0.1) is 12.7 Å². The zero-order valence-corrected chi connectivity index (χ0v) is 18.2. The van der Waals surface area contributed by atoms with Crippen LogP contribution in [-0.4, -0.2) is 48.3 Å². The molecule has 0 saturated carbocycles. The summed E-state index contributed by atoms with van der Waals surface area (Å²) >= 11 is 1.71. The van der Waals surface area contributed by atoms with Gasteiger partial charge in [-0.15, -0.1) is 11.8 Å². The van der Waals surface area contributed by atoms with Crippen molar-refractivity contribution in [1.82, 2.24) is 10.2 Å². The van der Waals surface area contributed by atoms with E-state index in [-0.39, 0.29) is 11.9 Å². The Labute approximate surface area is 182 Å². The van der Waals surface area contributed by atoms with Crippen molar-refractivity contribution in [3.05, 3.63) is 60.2 Å². The fourth-order valence-electron chi connectivity index (χ4n) is 3.72. The van der Waals surface area contributed by atoms with E-state index in [1.807, 2.05) is 42.5 Å². The first kappa shape index (κ1) is 22.2. The van der Waals surface area contributed by atoms with Crippen LogP contribution in [0.15, 0.2) is 59.5 Å². The van der Waals surface area contributed by atoms with Gasteiger partial charge in [0.1, 0.15) is 6.04 Å². The van der Waals surface area contributed by atoms with Crippen molar-refractivity contribution >= 4 is 29.3 Å². The number of primary amides is 1. The van der Waals surface area contributed by atoms with Gasteiger partial charge in [0.25, 0.3) is 0 Å². The molecule has 0 radical (unpaired) electrons. The van der Waals surface area contributed by atoms with Crippen molar-refractivity contribution in [2.45, 2.75) is 42.7 Å². The topological polar surface area (TPSA) is 87.5 Å². The number of aryl methyl sites for hydroxylation is 1. The Balaban J connectivity index is 1.53. The Morgan fingerprint density at radius 1 is 1.17 bits per heavy atom. The van der Waals surface area contributed by atoms with Gasteiger partial charge in [-0.2, -0.15) is 0 Å². The van der Waals surface area contributed by atoms with E-state index in [9.17, 15) is 9.59 Å². The predicted octanol–water partition coefficient (Wildman–Crippen LogP) is 2.85. The zero-order valence-electron chi connectivity index (χ0n) is 17.3. The molecule has 0 aromatic heterocycles. The summed E-state index contributed by atoms with van der Waals surface area (Å²) in [5.41, 5.74) is 7.71. The maximum atomic E-state index is 12.9. The van der Waals surface area contributed by atoms with Gasteiger partial charge in [-0.05, 0) is 61.8 Å². The van der Waals surface area contributed by atoms with E-state index in [4.69, 9.17) is 5.73 Å². The highest BCUT2D eigenvalue weighted by Crippen LogP contribution is 2.20. The quantitative estimate of drug-likeness (QED) is 0.509. The van der Waals surface area contributed by atoms with E-state index < -0.39 is 11.9 Å². The van der Waals surface area contributed by atoms with Crippen LogP contribution in [-0.2, 0) is 16.0 Å². The highest BCUT2D eigenvalue weighted by molar-refractivity contribution is 7.98. The first-order chi connectivity index (χ1) is 14.6. The molecule has 4 N–H and O–H groups in total. The van der Waals surface area contributed by atoms with Gasteiger partial charge in [0, 0.05) is 17.1 Å². The molecule has 0 aliphatic carbocycles. The van der Waals surface area contributed by atoms with E-state index >= 15 is 0 Å². The number of likely N-dealkylation sites (tertiary alicyclic amines) is 1. The monoisotopic (exact) mass is 426 g/mol. The molecule has 1 fully saturated rings. The number of hydrogen-bond donors (Lipinski definition) is 3. The Bertz CT molecular complexity index is 829. The van der Waals surface area contributed by atoms with Crippen molar-refractivity contribution in [2.75, 3.05) is 24.8 Å². The summed E-state index contributed by atoms with van der Waals surface area (Å²) in [5.74, 6) is -0.611. The smallest absolute Gasteiger partial charge is 0.240 e. The molecule has 6 nitrogen and oxygen atoms in total. The molecule has 2 amide bonds. The van der Waals surface area contributed by atoms with Crippen LogP contribution in [0.5, 0.6) is 0 Å². The van der Waals surface area contributed by atoms with Crippen molar-refractivity contribution in [2.24, 2.45) is 5.73 Å². The summed E-state index contributed by atoms with van der Waals surface area (Å²) < 4.78 is 0. The molecule has 1 heterocycles. The SMILES string of the molecule is CSc1ccc(NCN2CCC[C@H]2C(=O)N[C@@H](CCc2ccccc2)C(N)=O)cc1. The molecule has 1 aliphatic heterocycles. The number of benzene rings is 2. The van der Waals surface area contributed by atoms with Crippen molar-refractivity contribution in [1.29, 1.82) is 0 Å². The highest BCUT2D eigenvalue weighted by Gasteiger charge is 2.32. The van der Waals surface area contributed by atoms with Crippen LogP contribution in [0.4, 0.5) is 5.69 Å². The summed E-state index contributed by atoms with van der Waals surface area (Å²) in [6, 6.07) is 17.2. The Kier molecular flexibility index (Phi) is 8.16. The van der Waals surface area contributed by atoms with Crippen LogP contribution in [0.3, 0.4) is 0 Å². The van der Waals surface area contributed by atoms with Gasteiger partial charge < -0.3 is 16.4 Å². The number of carbonyl (C=O) groups is 2. The maximum Gasteiger partial charge on any atom is 0.240 e. The van der Waals surface area contributed by atoms with Gasteiger partial charge >= 0.3 is 0 Å². The van der Waals surface area contributed by atoms with Gasteiger partial charge in [-0.25, -0.2) is 0 Å². The highest BCUT2D eigenvalue weighted by atomic mass is 32.2. The minimum Gasteiger partial charge on any atom is -0.372 e. The molecule has 2 atom stereocenters. The lowest BCUT2D eigenvalue weighted by Gasteiger charge is -2.26. The second kappa shape index (κ2) is 11.0. The first-order valence-corrected chi connectivity index (χ1v) is 11.5. The van der Waals surface area contributed by atoms with Gasteiger partial charge in [-0.3, -0.25) is 14.5 Å². The van der Waals surface area contributed by atoms with Crippen LogP contribution in [0.1, 0.15) is 24.8 Å².